The number of benzene rings is 2. The minimum Gasteiger partial charge on any atom is -0.391 e. The van der Waals surface area contributed by atoms with Crippen molar-refractivity contribution in [1.29, 1.82) is 0 Å². The minimum atomic E-state index is -0.927. The van der Waals surface area contributed by atoms with Crippen LogP contribution in [0.1, 0.15) is 75.6 Å². The lowest BCUT2D eigenvalue weighted by atomic mass is 9.76. The number of aliphatic hydroxyl groups is 1. The number of piperidine rings is 1. The number of aliphatic hydroxyl groups excluding tert-OH is 1. The highest BCUT2D eigenvalue weighted by Crippen LogP contribution is 2.42. The van der Waals surface area contributed by atoms with Gasteiger partial charge in [-0.25, -0.2) is 4.98 Å². The number of likely N-dealkylation sites (tertiary alicyclic amines) is 2. The molecule has 0 bridgehead atoms. The molecule has 6 heterocycles. The molecule has 0 aliphatic carbocycles. The van der Waals surface area contributed by atoms with Crippen LogP contribution in [0.5, 0.6) is 0 Å². The van der Waals surface area contributed by atoms with Gasteiger partial charge in [-0.1, -0.05) is 80.9 Å². The number of aliphatic imine (C=N–C) groups is 1. The number of hydrogen-bond acceptors (Lipinski definition) is 15. The first-order valence-electron chi connectivity index (χ1n) is 27.2. The fourth-order valence-electron chi connectivity index (χ4n) is 10.5. The molecule has 2 aromatic carbocycles. The number of hydrogen-bond donors (Lipinski definition) is 4. The summed E-state index contributed by atoms with van der Waals surface area (Å²) in [6.45, 7) is 14.5. The van der Waals surface area contributed by atoms with Gasteiger partial charge in [-0.2, -0.15) is 5.10 Å². The molecule has 78 heavy (non-hydrogen) atoms. The van der Waals surface area contributed by atoms with Crippen LogP contribution in [0.2, 0.25) is 0 Å². The van der Waals surface area contributed by atoms with Gasteiger partial charge in [0.2, 0.25) is 23.6 Å². The standard InChI is InChI=1S/C57H76ClN9O10S/c1-39-51(78-38-62-39)43-7-5-40(6-8-43)32-61-53(70)48-31-45(68)37-67(48)54(71)52(56(2,3)4)64-49(69)13-21-73-23-25-75-27-29-77-30-28-76-26-24-74-22-20-66-36-44(33-63-66)41-9-11-42(12-10-41)46-34-59-35-47(58)50(46)65-18-15-57(16-19-65)14-17-60-55(57)72/h5-12,33-36,38,45-46,48,50,52,68H,13-32,37H2,1-4H3,(H,60,72)(H,61,70)(H,64,69)/t45-,46?,48+,50?,52-/m1/s1. The van der Waals surface area contributed by atoms with Crippen LogP contribution in [0.25, 0.3) is 21.6 Å². The van der Waals surface area contributed by atoms with Crippen LogP contribution in [0.4, 0.5) is 0 Å². The molecule has 4 aliphatic heterocycles. The number of aryl methyl sites for hydroxylation is 1. The Bertz CT molecular complexity index is 2670. The molecule has 19 nitrogen and oxygen atoms in total. The summed E-state index contributed by atoms with van der Waals surface area (Å²) in [6.07, 6.45) is 9.49. The molecule has 4 aliphatic rings. The van der Waals surface area contributed by atoms with Gasteiger partial charge in [0.25, 0.3) is 0 Å². The zero-order chi connectivity index (χ0) is 55.1. The lowest BCUT2D eigenvalue weighted by Gasteiger charge is -2.43. The van der Waals surface area contributed by atoms with Crippen LogP contribution in [0, 0.1) is 17.8 Å². The quantitative estimate of drug-likeness (QED) is 0.0545. The van der Waals surface area contributed by atoms with E-state index in [1.165, 1.54) is 4.90 Å². The van der Waals surface area contributed by atoms with Crippen molar-refractivity contribution in [2.24, 2.45) is 15.8 Å². The number of aromatic nitrogens is 3. The number of amides is 4. The Kier molecular flexibility index (Phi) is 21.2. The maximum atomic E-state index is 14.0. The number of halogens is 1. The van der Waals surface area contributed by atoms with Gasteiger partial charge in [0.15, 0.2) is 0 Å². The highest BCUT2D eigenvalue weighted by atomic mass is 35.5. The van der Waals surface area contributed by atoms with Crippen molar-refractivity contribution in [3.05, 3.63) is 94.5 Å². The monoisotopic (exact) mass is 1110 g/mol. The van der Waals surface area contributed by atoms with E-state index in [4.69, 9.17) is 35.3 Å². The summed E-state index contributed by atoms with van der Waals surface area (Å²) in [5.41, 5.74) is 7.05. The SMILES string of the molecule is Cc1ncsc1-c1ccc(CNC(=O)[C@@H]2C[C@@H](O)CN2C(=O)[C@@H](NC(=O)CCOCCOCCOCCOCCOCCn2cc(-c3ccc(C4C=NC=C(Cl)C4N4CCC5(CCNC5=O)CC4)cc3)cn2)C(C)(C)C)cc1. The maximum Gasteiger partial charge on any atom is 0.246 e. The van der Waals surface area contributed by atoms with E-state index in [1.54, 1.807) is 17.5 Å². The van der Waals surface area contributed by atoms with Gasteiger partial charge in [-0.15, -0.1) is 11.3 Å². The number of β-amino-alcohol motifs (C(OH)–C–C–N with tert-alkyl or cyclic N) is 1. The Hall–Kier alpha value is -5.42. The molecule has 5 atom stereocenters. The molecule has 1 spiro atoms. The number of nitrogens with zero attached hydrogens (tertiary/aromatic N) is 6. The third-order valence-corrected chi connectivity index (χ3v) is 16.3. The molecule has 422 valence electrons. The van der Waals surface area contributed by atoms with Gasteiger partial charge in [0.1, 0.15) is 12.1 Å². The molecule has 0 radical (unpaired) electrons. The van der Waals surface area contributed by atoms with E-state index >= 15 is 0 Å². The fourth-order valence-corrected chi connectivity index (χ4v) is 11.6. The van der Waals surface area contributed by atoms with E-state index in [-0.39, 0.29) is 74.2 Å². The van der Waals surface area contributed by atoms with Crippen molar-refractivity contribution in [2.75, 3.05) is 92.2 Å². The van der Waals surface area contributed by atoms with Crippen LogP contribution < -0.4 is 16.0 Å². The molecule has 3 fully saturated rings. The number of ether oxygens (including phenoxy) is 5. The number of nitrogens with one attached hydrogen (secondary N) is 3. The summed E-state index contributed by atoms with van der Waals surface area (Å²) in [5, 5.41) is 24.7. The summed E-state index contributed by atoms with van der Waals surface area (Å²) in [5.74, 6) is -0.928. The van der Waals surface area contributed by atoms with Crippen LogP contribution in [-0.2, 0) is 56.0 Å². The first kappa shape index (κ1) is 58.7. The van der Waals surface area contributed by atoms with Crippen molar-refractivity contribution in [2.45, 2.75) is 103 Å². The summed E-state index contributed by atoms with van der Waals surface area (Å²) in [4.78, 5) is 66.7. The summed E-state index contributed by atoms with van der Waals surface area (Å²) in [7, 11) is 0. The molecule has 2 aromatic heterocycles. The van der Waals surface area contributed by atoms with Crippen molar-refractivity contribution >= 4 is 52.8 Å². The van der Waals surface area contributed by atoms with E-state index in [0.717, 1.165) is 82.3 Å². The molecular weight excluding hydrogens is 1040 g/mol. The van der Waals surface area contributed by atoms with Gasteiger partial charge in [-0.05, 0) is 66.9 Å². The van der Waals surface area contributed by atoms with E-state index in [9.17, 15) is 24.3 Å². The zero-order valence-electron chi connectivity index (χ0n) is 45.3. The molecule has 3 saturated heterocycles. The second-order valence-corrected chi connectivity index (χ2v) is 22.8. The van der Waals surface area contributed by atoms with Crippen molar-refractivity contribution in [3.8, 4) is 21.6 Å². The normalized spacial score (nSPS) is 20.7. The molecule has 0 saturated carbocycles. The smallest absolute Gasteiger partial charge is 0.246 e. The molecule has 4 aromatic rings. The number of rotatable bonds is 27. The molecule has 2 unspecified atom stereocenters. The Morgan fingerprint density at radius 2 is 1.51 bits per heavy atom. The van der Waals surface area contributed by atoms with Gasteiger partial charge in [0.05, 0.1) is 117 Å². The second-order valence-electron chi connectivity index (χ2n) is 21.5. The Balaban J connectivity index is 0.628. The first-order valence-corrected chi connectivity index (χ1v) is 28.4. The average molecular weight is 1110 g/mol. The lowest BCUT2D eigenvalue weighted by molar-refractivity contribution is -0.144. The third kappa shape index (κ3) is 15.7. The van der Waals surface area contributed by atoms with E-state index in [0.29, 0.717) is 59.4 Å². The number of carbonyl (C=O) groups is 4. The van der Waals surface area contributed by atoms with Crippen molar-refractivity contribution in [1.82, 2.24) is 40.5 Å². The Morgan fingerprint density at radius 3 is 2.13 bits per heavy atom. The van der Waals surface area contributed by atoms with Gasteiger partial charge < -0.3 is 49.6 Å². The van der Waals surface area contributed by atoms with E-state index in [2.05, 4.69) is 60.2 Å². The van der Waals surface area contributed by atoms with E-state index < -0.39 is 29.5 Å². The number of carbonyl (C=O) groups excluding carboxylic acids is 4. The Morgan fingerprint density at radius 1 is 0.872 bits per heavy atom. The molecule has 21 heteroatoms. The third-order valence-electron chi connectivity index (χ3n) is 15.0. The number of thiazole rings is 1. The predicted molar refractivity (Wildman–Crippen MR) is 298 cm³/mol. The summed E-state index contributed by atoms with van der Waals surface area (Å²) < 4.78 is 30.1. The van der Waals surface area contributed by atoms with E-state index in [1.807, 2.05) is 80.8 Å². The first-order chi connectivity index (χ1) is 37.7. The lowest BCUT2D eigenvalue weighted by Crippen LogP contribution is -2.57. The average Bonchev–Trinajstić information content (AvgIpc) is 4.35. The van der Waals surface area contributed by atoms with Crippen LogP contribution in [0.3, 0.4) is 0 Å². The van der Waals surface area contributed by atoms with Crippen LogP contribution in [0.15, 0.2) is 82.7 Å². The van der Waals surface area contributed by atoms with Crippen LogP contribution >= 0.6 is 22.9 Å². The van der Waals surface area contributed by atoms with Crippen molar-refractivity contribution in [3.63, 3.8) is 0 Å². The minimum absolute atomic E-state index is 0.00368. The Labute approximate surface area is 466 Å². The largest absolute Gasteiger partial charge is 0.391 e. The van der Waals surface area contributed by atoms with Gasteiger partial charge >= 0.3 is 0 Å². The van der Waals surface area contributed by atoms with Crippen LogP contribution in [-0.4, -0.2) is 176 Å². The maximum absolute atomic E-state index is 14.0. The summed E-state index contributed by atoms with van der Waals surface area (Å²) >= 11 is 8.39. The molecule has 4 amide bonds. The molecule has 4 N–H and O–H groups in total. The highest BCUT2D eigenvalue weighted by Gasteiger charge is 2.47. The summed E-state index contributed by atoms with van der Waals surface area (Å²) in [6, 6.07) is 14.6. The topological polar surface area (TPSA) is 220 Å². The second kappa shape index (κ2) is 28.1. The highest BCUT2D eigenvalue weighted by molar-refractivity contribution is 7.13. The van der Waals surface area contributed by atoms with Crippen molar-refractivity contribution < 1.29 is 48.0 Å². The zero-order valence-corrected chi connectivity index (χ0v) is 46.9. The fraction of sp³-hybridized carbons (Fsp3) is 0.561. The predicted octanol–water partition coefficient (Wildman–Crippen LogP) is 5.48. The molecular formula is C57H76ClN9O10S. The molecule has 8 rings (SSSR count). The van der Waals surface area contributed by atoms with Gasteiger partial charge in [0, 0.05) is 62.6 Å². The van der Waals surface area contributed by atoms with Gasteiger partial charge in [-0.3, -0.25) is 33.8 Å².